The van der Waals surface area contributed by atoms with Gasteiger partial charge in [-0.1, -0.05) is 237 Å². The smallest absolute Gasteiger partial charge is 0.0462 e. The van der Waals surface area contributed by atoms with Crippen molar-refractivity contribution in [2.75, 3.05) is 4.90 Å². The van der Waals surface area contributed by atoms with Gasteiger partial charge >= 0.3 is 0 Å². The Morgan fingerprint density at radius 2 is 0.786 bits per heavy atom. The Labute approximate surface area is 412 Å². The van der Waals surface area contributed by atoms with Crippen LogP contribution in [0.1, 0.15) is 62.1 Å². The van der Waals surface area contributed by atoms with E-state index in [4.69, 9.17) is 0 Å². The number of hydrogen-bond donors (Lipinski definition) is 0. The van der Waals surface area contributed by atoms with Gasteiger partial charge in [-0.15, -0.1) is 0 Å². The average Bonchev–Trinajstić information content (AvgIpc) is 4.20. The number of rotatable bonds is 12. The van der Waals surface area contributed by atoms with Crippen LogP contribution in [-0.2, 0) is 5.41 Å². The van der Waals surface area contributed by atoms with Gasteiger partial charge in [-0.25, -0.2) is 0 Å². The summed E-state index contributed by atoms with van der Waals surface area (Å²) in [5, 5.41) is 2.53. The summed E-state index contributed by atoms with van der Waals surface area (Å²) in [7, 11) is 0. The zero-order chi connectivity index (χ0) is 46.7. The lowest BCUT2D eigenvalue weighted by molar-refractivity contribution is 0.840. The van der Waals surface area contributed by atoms with Crippen LogP contribution in [0, 0.1) is 5.92 Å². The number of benzene rings is 10. The van der Waals surface area contributed by atoms with Gasteiger partial charge in [-0.3, -0.25) is 0 Å². The molecule has 10 aromatic rings. The van der Waals surface area contributed by atoms with Gasteiger partial charge < -0.3 is 4.90 Å². The van der Waals surface area contributed by atoms with Gasteiger partial charge in [0.05, 0.1) is 0 Å². The Morgan fingerprint density at radius 3 is 1.27 bits per heavy atom. The fraction of sp³-hybridized carbons (Fsp3) is 0.0435. The molecule has 2 unspecified atom stereocenters. The number of allylic oxidation sites excluding steroid dienone is 2. The number of nitrogens with zero attached hydrogens (tertiary/aromatic N) is 1. The minimum Gasteiger partial charge on any atom is -0.311 e. The molecule has 2 atom stereocenters. The Morgan fingerprint density at radius 1 is 0.371 bits per heavy atom. The van der Waals surface area contributed by atoms with Crippen LogP contribution < -0.4 is 4.90 Å². The molecule has 1 fully saturated rings. The highest BCUT2D eigenvalue weighted by Crippen LogP contribution is 2.65. The van der Waals surface area contributed by atoms with Crippen molar-refractivity contribution in [1.82, 2.24) is 0 Å². The lowest BCUT2D eigenvalue weighted by Crippen LogP contribution is -2.16. The third-order valence-corrected chi connectivity index (χ3v) is 14.2. The van der Waals surface area contributed by atoms with E-state index in [9.17, 15) is 0 Å². The van der Waals surface area contributed by atoms with Crippen LogP contribution >= 0.6 is 0 Å². The minimum atomic E-state index is -0.0628. The minimum absolute atomic E-state index is 0.0628. The summed E-state index contributed by atoms with van der Waals surface area (Å²) in [5.41, 5.74) is 19.2. The molecule has 0 N–H and O–H groups in total. The molecule has 1 heteroatoms. The van der Waals surface area contributed by atoms with Gasteiger partial charge in [0.2, 0.25) is 0 Å². The van der Waals surface area contributed by atoms with Gasteiger partial charge in [0.1, 0.15) is 0 Å². The summed E-state index contributed by atoms with van der Waals surface area (Å²) in [4.78, 5) is 2.38. The molecule has 0 spiro atoms. The molecule has 70 heavy (non-hydrogen) atoms. The van der Waals surface area contributed by atoms with Crippen molar-refractivity contribution in [2.24, 2.45) is 5.92 Å². The first kappa shape index (κ1) is 42.6. The van der Waals surface area contributed by atoms with Crippen molar-refractivity contribution in [2.45, 2.75) is 11.8 Å². The normalized spacial score (nSPS) is 15.6. The SMILES string of the molecule is C1=CC2CC2(/C(=C/c2ccc(N(c3ccc(C=C(c4ccccc4)c4ccccc4)cc3)c3ccc(C=C(c4ccccc4)c4ccccc4)cc3)cc2)c2ccc3ccccc3c2)c2ccccc21. The van der Waals surface area contributed by atoms with E-state index in [0.29, 0.717) is 5.92 Å². The summed E-state index contributed by atoms with van der Waals surface area (Å²) >= 11 is 0. The molecule has 332 valence electrons. The van der Waals surface area contributed by atoms with Crippen molar-refractivity contribution in [3.63, 3.8) is 0 Å². The van der Waals surface area contributed by atoms with Crippen molar-refractivity contribution in [1.29, 1.82) is 0 Å². The Bertz CT molecular complexity index is 3350. The molecule has 12 rings (SSSR count). The number of hydrogen-bond acceptors (Lipinski definition) is 1. The number of fused-ring (bicyclic) bond motifs is 4. The second-order valence-corrected chi connectivity index (χ2v) is 18.5. The van der Waals surface area contributed by atoms with Gasteiger partial charge in [0.15, 0.2) is 0 Å². The van der Waals surface area contributed by atoms with Gasteiger partial charge in [-0.2, -0.15) is 0 Å². The fourth-order valence-electron chi connectivity index (χ4n) is 10.6. The van der Waals surface area contributed by atoms with E-state index < -0.39 is 0 Å². The van der Waals surface area contributed by atoms with Crippen molar-refractivity contribution in [3.8, 4) is 0 Å². The van der Waals surface area contributed by atoms with Crippen molar-refractivity contribution >= 4 is 68.9 Å². The van der Waals surface area contributed by atoms with E-state index in [1.54, 1.807) is 0 Å². The average molecular weight is 894 g/mol. The van der Waals surface area contributed by atoms with Crippen LogP contribution in [0.15, 0.2) is 267 Å². The number of anilines is 3. The second-order valence-electron chi connectivity index (χ2n) is 18.5. The third kappa shape index (κ3) is 8.44. The monoisotopic (exact) mass is 893 g/mol. The highest BCUT2D eigenvalue weighted by Gasteiger charge is 2.58. The first-order chi connectivity index (χ1) is 34.7. The summed E-state index contributed by atoms with van der Waals surface area (Å²) in [6.45, 7) is 0. The van der Waals surface area contributed by atoms with Crippen LogP contribution in [-0.4, -0.2) is 0 Å². The maximum absolute atomic E-state index is 2.46. The summed E-state index contributed by atoms with van der Waals surface area (Å²) in [5.74, 6) is 0.471. The maximum atomic E-state index is 2.46. The standard InChI is InChI=1S/C69H51N/c1-5-18-54(19-6-1)65(55-20-7-2-8-21-55)45-50-29-39-62(40-30-50)70(63-41-31-51(32-42-63)46-66(56-22-9-3-10-23-56)57-24-11-4-12-25-57)64-43-33-52(34-44-64)47-68(60-36-35-53-17-13-14-27-59(53)48-60)69-49-61(69)38-37-58-26-15-16-28-67(58)69/h1-48,61H,49H2/b68-47+. The first-order valence-electron chi connectivity index (χ1n) is 24.4. The lowest BCUT2D eigenvalue weighted by Gasteiger charge is -2.27. The molecule has 0 bridgehead atoms. The zero-order valence-electron chi connectivity index (χ0n) is 38.9. The Balaban J connectivity index is 0.945. The third-order valence-electron chi connectivity index (χ3n) is 14.2. The second kappa shape index (κ2) is 18.7. The Hall–Kier alpha value is -8.78. The van der Waals surface area contributed by atoms with Gasteiger partial charge in [0.25, 0.3) is 0 Å². The maximum Gasteiger partial charge on any atom is 0.0462 e. The largest absolute Gasteiger partial charge is 0.311 e. The van der Waals surface area contributed by atoms with Crippen LogP contribution in [0.3, 0.4) is 0 Å². The van der Waals surface area contributed by atoms with Gasteiger partial charge in [0, 0.05) is 22.5 Å². The lowest BCUT2D eigenvalue weighted by atomic mass is 9.76. The molecule has 1 nitrogen and oxygen atoms in total. The Kier molecular flexibility index (Phi) is 11.4. The molecular formula is C69H51N. The van der Waals surface area contributed by atoms with E-state index in [1.165, 1.54) is 72.0 Å². The highest BCUT2D eigenvalue weighted by atomic mass is 15.1. The summed E-state index contributed by atoms with van der Waals surface area (Å²) < 4.78 is 0. The van der Waals surface area contributed by atoms with E-state index in [2.05, 4.69) is 296 Å². The van der Waals surface area contributed by atoms with Crippen molar-refractivity contribution < 1.29 is 0 Å². The molecule has 2 aliphatic rings. The van der Waals surface area contributed by atoms with Crippen LogP contribution in [0.4, 0.5) is 17.1 Å². The van der Waals surface area contributed by atoms with Crippen molar-refractivity contribution in [3.05, 3.63) is 323 Å². The molecule has 0 radical (unpaired) electrons. The zero-order valence-corrected chi connectivity index (χ0v) is 38.9. The predicted octanol–water partition coefficient (Wildman–Crippen LogP) is 18.0. The van der Waals surface area contributed by atoms with Crippen LogP contribution in [0.25, 0.3) is 51.8 Å². The molecular weight excluding hydrogens is 843 g/mol. The molecule has 1 saturated carbocycles. The highest BCUT2D eigenvalue weighted by molar-refractivity contribution is 5.97. The molecule has 0 amide bonds. The molecule has 2 aliphatic carbocycles. The van der Waals surface area contributed by atoms with E-state index in [1.807, 2.05) is 0 Å². The molecule has 0 aliphatic heterocycles. The molecule has 0 heterocycles. The van der Waals surface area contributed by atoms with E-state index in [-0.39, 0.29) is 5.41 Å². The predicted molar refractivity (Wildman–Crippen MR) is 298 cm³/mol. The summed E-state index contributed by atoms with van der Waals surface area (Å²) in [6, 6.07) is 94.5. The molecule has 10 aromatic carbocycles. The molecule has 0 aromatic heterocycles. The van der Waals surface area contributed by atoms with Crippen LogP contribution in [0.2, 0.25) is 0 Å². The van der Waals surface area contributed by atoms with E-state index in [0.717, 1.165) is 34.6 Å². The topological polar surface area (TPSA) is 3.24 Å². The first-order valence-corrected chi connectivity index (χ1v) is 24.4. The van der Waals surface area contributed by atoms with Gasteiger partial charge in [-0.05, 0) is 150 Å². The van der Waals surface area contributed by atoms with Crippen LogP contribution in [0.5, 0.6) is 0 Å². The summed E-state index contributed by atoms with van der Waals surface area (Å²) in [6.07, 6.45) is 12.9. The van der Waals surface area contributed by atoms with E-state index >= 15 is 0 Å². The fourth-order valence-corrected chi connectivity index (χ4v) is 10.6. The molecule has 0 saturated heterocycles. The quantitative estimate of drug-likeness (QED) is 0.110.